The van der Waals surface area contributed by atoms with Gasteiger partial charge in [0.15, 0.2) is 0 Å². The number of nitrogen functional groups attached to an aromatic ring is 1. The Morgan fingerprint density at radius 2 is 1.73 bits per heavy atom. The van der Waals surface area contributed by atoms with E-state index in [1.54, 1.807) is 6.07 Å². The number of nitrogens with zero attached hydrogens (tertiary/aromatic N) is 1. The average Bonchev–Trinajstić information content (AvgIpc) is 2.50. The summed E-state index contributed by atoms with van der Waals surface area (Å²) in [5, 5.41) is 2.88. The molecule has 2 aromatic rings. The van der Waals surface area contributed by atoms with Crippen LogP contribution in [-0.4, -0.2) is 23.4 Å². The highest BCUT2D eigenvalue weighted by Gasteiger charge is 2.15. The number of hydrogen-bond acceptors (Lipinski definition) is 3. The molecule has 0 bridgehead atoms. The van der Waals surface area contributed by atoms with E-state index in [9.17, 15) is 4.79 Å². The topological polar surface area (TPSA) is 58.4 Å². The number of rotatable bonds is 6. The molecule has 0 unspecified atom stereocenters. The molecule has 0 radical (unpaired) electrons. The molecule has 4 nitrogen and oxygen atoms in total. The minimum Gasteiger partial charge on any atom is -0.397 e. The Bertz CT molecular complexity index is 611. The van der Waals surface area contributed by atoms with Crippen LogP contribution in [0.3, 0.4) is 0 Å². The number of nitrogens with one attached hydrogen (secondary N) is 1. The van der Waals surface area contributed by atoms with Crippen molar-refractivity contribution in [2.45, 2.75) is 26.4 Å². The van der Waals surface area contributed by atoms with Crippen LogP contribution >= 0.6 is 0 Å². The molecule has 2 aromatic carbocycles. The van der Waals surface area contributed by atoms with Crippen LogP contribution in [0.15, 0.2) is 54.6 Å². The van der Waals surface area contributed by atoms with Crippen molar-refractivity contribution in [2.24, 2.45) is 0 Å². The Balaban J connectivity index is 1.99. The molecule has 3 N–H and O–H groups in total. The van der Waals surface area contributed by atoms with Crippen molar-refractivity contribution in [3.63, 3.8) is 0 Å². The number of para-hydroxylation sites is 2. The molecule has 0 saturated carbocycles. The number of nitrogens with two attached hydrogens (primary N) is 1. The molecule has 2 rings (SSSR count). The predicted molar refractivity (Wildman–Crippen MR) is 91.5 cm³/mol. The zero-order valence-electron chi connectivity index (χ0n) is 13.1. The zero-order chi connectivity index (χ0) is 15.9. The van der Waals surface area contributed by atoms with Crippen molar-refractivity contribution < 1.29 is 4.79 Å². The summed E-state index contributed by atoms with van der Waals surface area (Å²) < 4.78 is 0. The Kier molecular flexibility index (Phi) is 5.55. The van der Waals surface area contributed by atoms with Gasteiger partial charge in [-0.15, -0.1) is 0 Å². The van der Waals surface area contributed by atoms with E-state index in [4.69, 9.17) is 5.73 Å². The standard InChI is InChI=1S/C18H23N3O/c1-14(2)21(12-15-8-4-3-5-9-15)13-18(22)20-17-11-7-6-10-16(17)19/h3-11,14H,12-13,19H2,1-2H3,(H,20,22). The van der Waals surface area contributed by atoms with Gasteiger partial charge >= 0.3 is 0 Å². The molecule has 1 amide bonds. The highest BCUT2D eigenvalue weighted by Crippen LogP contribution is 2.17. The number of carbonyl (C=O) groups excluding carboxylic acids is 1. The van der Waals surface area contributed by atoms with Gasteiger partial charge in [0, 0.05) is 12.6 Å². The number of carbonyl (C=O) groups is 1. The highest BCUT2D eigenvalue weighted by atomic mass is 16.2. The molecule has 0 atom stereocenters. The minimum atomic E-state index is -0.0532. The maximum Gasteiger partial charge on any atom is 0.238 e. The van der Waals surface area contributed by atoms with Crippen molar-refractivity contribution in [1.82, 2.24) is 4.90 Å². The molecular weight excluding hydrogens is 274 g/mol. The summed E-state index contributed by atoms with van der Waals surface area (Å²) in [7, 11) is 0. The first-order valence-electron chi connectivity index (χ1n) is 7.48. The van der Waals surface area contributed by atoms with E-state index in [-0.39, 0.29) is 11.9 Å². The van der Waals surface area contributed by atoms with E-state index in [0.29, 0.717) is 17.9 Å². The van der Waals surface area contributed by atoms with Crippen LogP contribution in [0, 0.1) is 0 Å². The van der Waals surface area contributed by atoms with Crippen molar-refractivity contribution in [3.05, 3.63) is 60.2 Å². The summed E-state index contributed by atoms with van der Waals surface area (Å²) in [5.41, 5.74) is 8.29. The molecule has 116 valence electrons. The summed E-state index contributed by atoms with van der Waals surface area (Å²) in [6, 6.07) is 17.7. The fourth-order valence-corrected chi connectivity index (χ4v) is 2.22. The lowest BCUT2D eigenvalue weighted by Gasteiger charge is -2.26. The van der Waals surface area contributed by atoms with Crippen LogP contribution in [0.2, 0.25) is 0 Å². The molecule has 0 fully saturated rings. The van der Waals surface area contributed by atoms with Gasteiger partial charge in [-0.05, 0) is 31.5 Å². The lowest BCUT2D eigenvalue weighted by molar-refractivity contribution is -0.117. The Morgan fingerprint density at radius 3 is 2.36 bits per heavy atom. The second kappa shape index (κ2) is 7.61. The molecule has 0 saturated heterocycles. The number of benzene rings is 2. The predicted octanol–water partition coefficient (Wildman–Crippen LogP) is 3.12. The monoisotopic (exact) mass is 297 g/mol. The zero-order valence-corrected chi connectivity index (χ0v) is 13.1. The molecule has 0 heterocycles. The van der Waals surface area contributed by atoms with E-state index in [1.807, 2.05) is 36.4 Å². The fraction of sp³-hybridized carbons (Fsp3) is 0.278. The van der Waals surface area contributed by atoms with E-state index < -0.39 is 0 Å². The quantitative estimate of drug-likeness (QED) is 0.805. The van der Waals surface area contributed by atoms with Gasteiger partial charge < -0.3 is 11.1 Å². The van der Waals surface area contributed by atoms with Crippen molar-refractivity contribution in [3.8, 4) is 0 Å². The van der Waals surface area contributed by atoms with E-state index in [1.165, 1.54) is 5.56 Å². The van der Waals surface area contributed by atoms with Crippen LogP contribution in [-0.2, 0) is 11.3 Å². The third kappa shape index (κ3) is 4.60. The molecule has 0 aliphatic carbocycles. The van der Waals surface area contributed by atoms with Crippen LogP contribution in [0.25, 0.3) is 0 Å². The third-order valence-corrected chi connectivity index (χ3v) is 3.54. The summed E-state index contributed by atoms with van der Waals surface area (Å²) in [6.45, 7) is 5.26. The van der Waals surface area contributed by atoms with Crippen molar-refractivity contribution >= 4 is 17.3 Å². The number of anilines is 2. The van der Waals surface area contributed by atoms with Gasteiger partial charge in [0.2, 0.25) is 5.91 Å². The molecule has 22 heavy (non-hydrogen) atoms. The van der Waals surface area contributed by atoms with Gasteiger partial charge in [0.1, 0.15) is 0 Å². The molecule has 0 aliphatic heterocycles. The number of amides is 1. The average molecular weight is 297 g/mol. The third-order valence-electron chi connectivity index (χ3n) is 3.54. The van der Waals surface area contributed by atoms with Crippen LogP contribution < -0.4 is 11.1 Å². The molecule has 0 aliphatic rings. The lowest BCUT2D eigenvalue weighted by atomic mass is 10.2. The summed E-state index contributed by atoms with van der Waals surface area (Å²) in [4.78, 5) is 14.4. The first kappa shape index (κ1) is 16.0. The van der Waals surface area contributed by atoms with E-state index >= 15 is 0 Å². The molecule has 0 spiro atoms. The van der Waals surface area contributed by atoms with E-state index in [0.717, 1.165) is 6.54 Å². The number of hydrogen-bond donors (Lipinski definition) is 2. The fourth-order valence-electron chi connectivity index (χ4n) is 2.22. The minimum absolute atomic E-state index is 0.0532. The smallest absolute Gasteiger partial charge is 0.238 e. The second-order valence-corrected chi connectivity index (χ2v) is 5.62. The Hall–Kier alpha value is -2.33. The summed E-state index contributed by atoms with van der Waals surface area (Å²) >= 11 is 0. The summed E-state index contributed by atoms with van der Waals surface area (Å²) in [6.07, 6.45) is 0. The van der Waals surface area contributed by atoms with Crippen molar-refractivity contribution in [1.29, 1.82) is 0 Å². The van der Waals surface area contributed by atoms with Gasteiger partial charge in [-0.1, -0.05) is 42.5 Å². The van der Waals surface area contributed by atoms with Crippen molar-refractivity contribution in [2.75, 3.05) is 17.6 Å². The second-order valence-electron chi connectivity index (χ2n) is 5.62. The molecule has 0 aromatic heterocycles. The van der Waals surface area contributed by atoms with Gasteiger partial charge in [0.25, 0.3) is 0 Å². The van der Waals surface area contributed by atoms with Gasteiger partial charge in [-0.2, -0.15) is 0 Å². The lowest BCUT2D eigenvalue weighted by Crippen LogP contribution is -2.37. The SMILES string of the molecule is CC(C)N(CC(=O)Nc1ccccc1N)Cc1ccccc1. The van der Waals surface area contributed by atoms with E-state index in [2.05, 4.69) is 36.2 Å². The summed E-state index contributed by atoms with van der Waals surface area (Å²) in [5.74, 6) is -0.0532. The first-order chi connectivity index (χ1) is 10.6. The van der Waals surface area contributed by atoms with Gasteiger partial charge in [-0.25, -0.2) is 0 Å². The van der Waals surface area contributed by atoms with Crippen LogP contribution in [0.4, 0.5) is 11.4 Å². The largest absolute Gasteiger partial charge is 0.397 e. The van der Waals surface area contributed by atoms with Crippen LogP contribution in [0.1, 0.15) is 19.4 Å². The highest BCUT2D eigenvalue weighted by molar-refractivity contribution is 5.95. The Morgan fingerprint density at radius 1 is 1.09 bits per heavy atom. The molecular formula is C18H23N3O. The molecule has 4 heteroatoms. The van der Waals surface area contributed by atoms with Crippen LogP contribution in [0.5, 0.6) is 0 Å². The maximum atomic E-state index is 12.3. The first-order valence-corrected chi connectivity index (χ1v) is 7.48. The van der Waals surface area contributed by atoms with Gasteiger partial charge in [-0.3, -0.25) is 9.69 Å². The normalized spacial score (nSPS) is 10.9. The van der Waals surface area contributed by atoms with Gasteiger partial charge in [0.05, 0.1) is 17.9 Å². The maximum absolute atomic E-state index is 12.3. The Labute approximate surface area is 131 Å².